The summed E-state index contributed by atoms with van der Waals surface area (Å²) in [5.41, 5.74) is 2.82. The molecule has 8 heteroatoms. The van der Waals surface area contributed by atoms with Crippen LogP contribution in [0.3, 0.4) is 0 Å². The Balaban J connectivity index is 3.31. The minimum absolute atomic E-state index is 0.208. The third-order valence-electron chi connectivity index (χ3n) is 3.73. The van der Waals surface area contributed by atoms with Crippen LogP contribution in [-0.4, -0.2) is 40.4 Å². The van der Waals surface area contributed by atoms with Gasteiger partial charge in [0.1, 0.15) is 22.6 Å². The van der Waals surface area contributed by atoms with Gasteiger partial charge in [0.25, 0.3) is 5.91 Å². The molecule has 0 saturated carbocycles. The van der Waals surface area contributed by atoms with Gasteiger partial charge < -0.3 is 14.8 Å². The predicted molar refractivity (Wildman–Crippen MR) is 95.0 cm³/mol. The van der Waals surface area contributed by atoms with E-state index in [4.69, 9.17) is 4.74 Å². The third-order valence-corrected chi connectivity index (χ3v) is 3.73. The predicted octanol–water partition coefficient (Wildman–Crippen LogP) is 2.34. The van der Waals surface area contributed by atoms with Crippen molar-refractivity contribution >= 4 is 12.0 Å². The minimum Gasteiger partial charge on any atom is -0.692 e. The number of ether oxygens (including phenoxy) is 1. The van der Waals surface area contributed by atoms with Gasteiger partial charge in [-0.2, -0.15) is 9.64 Å². The standard InChI is InChI=1S/C17H30N4O4/c1-8-11-13-14(15(22)19(9-2)10-3)12(4)20(21(13)24)18-16(23)25-17(5,6)7/h8-11H2,1-7H3,(H,18,23). The van der Waals surface area contributed by atoms with Crippen LogP contribution in [0.25, 0.3) is 0 Å². The molecule has 0 aliphatic rings. The molecule has 2 amide bonds. The smallest absolute Gasteiger partial charge is 0.524 e. The van der Waals surface area contributed by atoms with E-state index >= 15 is 0 Å². The van der Waals surface area contributed by atoms with E-state index in [0.717, 1.165) is 4.79 Å². The number of rotatable bonds is 6. The summed E-state index contributed by atoms with van der Waals surface area (Å²) in [5, 5.41) is 12.6. The molecule has 0 aliphatic carbocycles. The number of amides is 2. The summed E-state index contributed by atoms with van der Waals surface area (Å²) >= 11 is 0. The van der Waals surface area contributed by atoms with Gasteiger partial charge in [-0.05, 0) is 48.0 Å². The van der Waals surface area contributed by atoms with Gasteiger partial charge in [-0.3, -0.25) is 4.79 Å². The van der Waals surface area contributed by atoms with Gasteiger partial charge >= 0.3 is 6.09 Å². The first kappa shape index (κ1) is 20.8. The van der Waals surface area contributed by atoms with E-state index in [1.165, 1.54) is 0 Å². The van der Waals surface area contributed by atoms with Crippen molar-refractivity contribution in [2.45, 2.75) is 66.9 Å². The first-order chi connectivity index (χ1) is 11.6. The van der Waals surface area contributed by atoms with E-state index < -0.39 is 11.7 Å². The Morgan fingerprint density at radius 3 is 2.24 bits per heavy atom. The van der Waals surface area contributed by atoms with E-state index in [0.29, 0.717) is 47.7 Å². The first-order valence-corrected chi connectivity index (χ1v) is 8.70. The Labute approximate surface area is 149 Å². The van der Waals surface area contributed by atoms with Gasteiger partial charge in [0.2, 0.25) is 0 Å². The monoisotopic (exact) mass is 354 g/mol. The van der Waals surface area contributed by atoms with Crippen molar-refractivity contribution in [3.05, 3.63) is 22.2 Å². The molecule has 1 heterocycles. The largest absolute Gasteiger partial charge is 0.692 e. The highest BCUT2D eigenvalue weighted by Gasteiger charge is 2.31. The summed E-state index contributed by atoms with van der Waals surface area (Å²) in [6.07, 6.45) is 0.395. The fourth-order valence-electron chi connectivity index (χ4n) is 2.59. The van der Waals surface area contributed by atoms with Crippen LogP contribution < -0.4 is 10.3 Å². The number of hydrogen-bond acceptors (Lipinski definition) is 4. The van der Waals surface area contributed by atoms with Gasteiger partial charge in [0.05, 0.1) is 0 Å². The number of carbonyl (C=O) groups excluding carboxylic acids is 2. The molecule has 8 nitrogen and oxygen atoms in total. The number of nitrogens with zero attached hydrogens (tertiary/aromatic N) is 3. The van der Waals surface area contributed by atoms with Crippen LogP contribution in [0, 0.1) is 12.1 Å². The zero-order chi connectivity index (χ0) is 19.4. The van der Waals surface area contributed by atoms with E-state index in [1.807, 2.05) is 20.8 Å². The molecule has 0 aromatic carbocycles. The molecule has 25 heavy (non-hydrogen) atoms. The molecule has 1 aromatic rings. The number of aromatic nitrogens is 2. The summed E-state index contributed by atoms with van der Waals surface area (Å²) in [6.45, 7) is 13.6. The van der Waals surface area contributed by atoms with Crippen LogP contribution >= 0.6 is 0 Å². The topological polar surface area (TPSA) is 90.5 Å². The molecule has 0 bridgehead atoms. The molecule has 1 rings (SSSR count). The molecule has 0 radical (unpaired) electrons. The molecule has 0 fully saturated rings. The Morgan fingerprint density at radius 2 is 1.80 bits per heavy atom. The molecule has 1 N–H and O–H groups in total. The lowest BCUT2D eigenvalue weighted by molar-refractivity contribution is -0.696. The second kappa shape index (κ2) is 8.22. The van der Waals surface area contributed by atoms with Gasteiger partial charge in [0, 0.05) is 19.5 Å². The molecule has 0 saturated heterocycles. The Kier molecular flexibility index (Phi) is 6.84. The summed E-state index contributed by atoms with van der Waals surface area (Å²) in [6, 6.07) is 0. The number of carbonyl (C=O) groups is 2. The molecule has 0 atom stereocenters. The van der Waals surface area contributed by atoms with Gasteiger partial charge in [-0.25, -0.2) is 0 Å². The Morgan fingerprint density at radius 1 is 1.24 bits per heavy atom. The van der Waals surface area contributed by atoms with E-state index in [9.17, 15) is 14.8 Å². The van der Waals surface area contributed by atoms with Crippen molar-refractivity contribution in [1.29, 1.82) is 0 Å². The third kappa shape index (κ3) is 4.87. The fourth-order valence-corrected chi connectivity index (χ4v) is 2.59. The zero-order valence-electron chi connectivity index (χ0n) is 16.3. The van der Waals surface area contributed by atoms with Gasteiger partial charge in [0.15, 0.2) is 0 Å². The molecule has 1 aromatic heterocycles. The van der Waals surface area contributed by atoms with Crippen molar-refractivity contribution in [1.82, 2.24) is 9.69 Å². The average Bonchev–Trinajstić information content (AvgIpc) is 2.71. The van der Waals surface area contributed by atoms with Gasteiger partial charge in [-0.1, -0.05) is 17.1 Å². The van der Waals surface area contributed by atoms with E-state index in [1.54, 1.807) is 32.6 Å². The van der Waals surface area contributed by atoms with Crippen molar-refractivity contribution in [2.24, 2.45) is 0 Å². The lowest BCUT2D eigenvalue weighted by atomic mass is 10.1. The first-order valence-electron chi connectivity index (χ1n) is 8.70. The van der Waals surface area contributed by atoms with Crippen LogP contribution in [0.4, 0.5) is 4.79 Å². The summed E-state index contributed by atoms with van der Waals surface area (Å²) in [7, 11) is 0. The van der Waals surface area contributed by atoms with Crippen LogP contribution in [0.1, 0.15) is 69.7 Å². The maximum Gasteiger partial charge on any atom is 0.524 e. The molecular weight excluding hydrogens is 324 g/mol. The summed E-state index contributed by atoms with van der Waals surface area (Å²) < 4.78 is 5.19. The lowest BCUT2D eigenvalue weighted by Crippen LogP contribution is -2.48. The van der Waals surface area contributed by atoms with Gasteiger partial charge in [-0.15, -0.1) is 0 Å². The SMILES string of the molecule is CCCc1c(C(=O)N(CC)CC)c(C)n(NC(=O)OC(C)(C)C)[n+]1[O-]. The highest BCUT2D eigenvalue weighted by Crippen LogP contribution is 2.17. The fraction of sp³-hybridized carbons (Fsp3) is 0.706. The van der Waals surface area contributed by atoms with Crippen molar-refractivity contribution in [3.8, 4) is 0 Å². The second-order valence-electron chi connectivity index (χ2n) is 6.83. The molecule has 142 valence electrons. The molecule has 0 aliphatic heterocycles. The van der Waals surface area contributed by atoms with Crippen molar-refractivity contribution in [3.63, 3.8) is 0 Å². The highest BCUT2D eigenvalue weighted by molar-refractivity contribution is 5.96. The lowest BCUT2D eigenvalue weighted by Gasteiger charge is -2.18. The van der Waals surface area contributed by atoms with Crippen LogP contribution in [-0.2, 0) is 11.2 Å². The molecule has 0 unspecified atom stereocenters. The Bertz CT molecular complexity index is 628. The van der Waals surface area contributed by atoms with Crippen molar-refractivity contribution < 1.29 is 19.2 Å². The highest BCUT2D eigenvalue weighted by atomic mass is 16.6. The zero-order valence-corrected chi connectivity index (χ0v) is 16.3. The van der Waals surface area contributed by atoms with Crippen LogP contribution in [0.5, 0.6) is 0 Å². The van der Waals surface area contributed by atoms with E-state index in [2.05, 4.69) is 5.43 Å². The van der Waals surface area contributed by atoms with Crippen LogP contribution in [0.2, 0.25) is 0 Å². The van der Waals surface area contributed by atoms with Crippen LogP contribution in [0.15, 0.2) is 0 Å². The summed E-state index contributed by atoms with van der Waals surface area (Å²) in [5.74, 6) is -0.208. The quantitative estimate of drug-likeness (QED) is 0.627. The molecular formula is C17H30N4O4. The number of nitrogens with one attached hydrogen (secondary N) is 1. The Hall–Kier alpha value is -2.25. The second-order valence-corrected chi connectivity index (χ2v) is 6.83. The minimum atomic E-state index is -0.750. The van der Waals surface area contributed by atoms with Crippen molar-refractivity contribution in [2.75, 3.05) is 18.5 Å². The summed E-state index contributed by atoms with van der Waals surface area (Å²) in [4.78, 5) is 28.1. The number of hydrogen-bond donors (Lipinski definition) is 1. The maximum atomic E-state index is 12.8. The maximum absolute atomic E-state index is 12.8. The normalized spacial score (nSPS) is 11.3. The molecule has 0 spiro atoms. The van der Waals surface area contributed by atoms with E-state index in [-0.39, 0.29) is 5.91 Å². The average molecular weight is 354 g/mol.